The van der Waals surface area contributed by atoms with Crippen LogP contribution in [0.15, 0.2) is 33.7 Å². The van der Waals surface area contributed by atoms with Gasteiger partial charge in [-0.2, -0.15) is 11.8 Å². The fourth-order valence-corrected chi connectivity index (χ4v) is 2.45. The number of hydrogen-bond acceptors (Lipinski definition) is 3. The number of aliphatic imine (C=N–C) groups is 1. The highest BCUT2D eigenvalue weighted by Gasteiger charge is 1.96. The van der Waals surface area contributed by atoms with E-state index in [1.807, 2.05) is 49.9 Å². The summed E-state index contributed by atoms with van der Waals surface area (Å²) in [5, 5.41) is 3.06. The molecule has 0 unspecified atom stereocenters. The van der Waals surface area contributed by atoms with Crippen molar-refractivity contribution in [1.29, 1.82) is 0 Å². The second-order valence-corrected chi connectivity index (χ2v) is 6.62. The number of hydrogen-bond donors (Lipinski definition) is 2. The minimum Gasteiger partial charge on any atom is -0.493 e. The molecule has 0 saturated carbocycles. The van der Waals surface area contributed by atoms with Gasteiger partial charge in [0.1, 0.15) is 5.75 Å². The molecule has 7 heteroatoms. The fourth-order valence-electron chi connectivity index (χ4n) is 1.45. The summed E-state index contributed by atoms with van der Waals surface area (Å²) in [4.78, 5) is 4.25. The number of nitrogens with two attached hydrogens (primary N) is 1. The van der Waals surface area contributed by atoms with Crippen molar-refractivity contribution in [1.82, 2.24) is 5.32 Å². The highest BCUT2D eigenvalue weighted by atomic mass is 127. The van der Waals surface area contributed by atoms with Crippen molar-refractivity contribution in [2.24, 2.45) is 10.7 Å². The second-order valence-electron chi connectivity index (χ2n) is 4.48. The molecule has 0 spiro atoms. The Morgan fingerprint density at radius 3 is 2.86 bits per heavy atom. The summed E-state index contributed by atoms with van der Waals surface area (Å²) in [5.41, 5.74) is 5.71. The van der Waals surface area contributed by atoms with E-state index in [1.54, 1.807) is 0 Å². The van der Waals surface area contributed by atoms with Crippen LogP contribution in [0.1, 0.15) is 13.8 Å². The number of thioether (sulfide) groups is 1. The van der Waals surface area contributed by atoms with Crippen molar-refractivity contribution < 1.29 is 4.74 Å². The third-order valence-corrected chi connectivity index (χ3v) is 3.67. The summed E-state index contributed by atoms with van der Waals surface area (Å²) < 4.78 is 6.68. The molecule has 0 aromatic heterocycles. The Bertz CT molecular complexity index is 432. The lowest BCUT2D eigenvalue weighted by molar-refractivity contribution is 0.344. The number of rotatable bonds is 8. The Labute approximate surface area is 156 Å². The summed E-state index contributed by atoms with van der Waals surface area (Å²) in [5.74, 6) is 3.30. The first kappa shape index (κ1) is 20.9. The van der Waals surface area contributed by atoms with Crippen molar-refractivity contribution >= 4 is 57.6 Å². The van der Waals surface area contributed by atoms with Crippen molar-refractivity contribution in [3.05, 3.63) is 28.7 Å². The summed E-state index contributed by atoms with van der Waals surface area (Å²) >= 11 is 5.23. The quantitative estimate of drug-likeness (QED) is 0.255. The molecular weight excluding hydrogens is 465 g/mol. The van der Waals surface area contributed by atoms with Gasteiger partial charge in [0, 0.05) is 22.0 Å². The predicted molar refractivity (Wildman–Crippen MR) is 107 cm³/mol. The molecule has 0 saturated heterocycles. The van der Waals surface area contributed by atoms with Gasteiger partial charge in [0.15, 0.2) is 5.96 Å². The van der Waals surface area contributed by atoms with Crippen LogP contribution in [0.5, 0.6) is 5.75 Å². The minimum atomic E-state index is 0. The van der Waals surface area contributed by atoms with Crippen LogP contribution in [0.25, 0.3) is 0 Å². The zero-order valence-electron chi connectivity index (χ0n) is 12.3. The van der Waals surface area contributed by atoms with Crippen molar-refractivity contribution in [3.63, 3.8) is 0 Å². The van der Waals surface area contributed by atoms with Crippen LogP contribution in [-0.4, -0.2) is 36.7 Å². The van der Waals surface area contributed by atoms with Crippen LogP contribution in [0.2, 0.25) is 0 Å². The maximum Gasteiger partial charge on any atom is 0.188 e. The molecule has 0 bridgehead atoms. The summed E-state index contributed by atoms with van der Waals surface area (Å²) in [6, 6.07) is 8.19. The average Bonchev–Trinajstić information content (AvgIpc) is 2.37. The van der Waals surface area contributed by atoms with Crippen molar-refractivity contribution in [2.45, 2.75) is 19.9 Å². The lowest BCUT2D eigenvalue weighted by Gasteiger charge is -2.08. The molecule has 3 N–H and O–H groups in total. The van der Waals surface area contributed by atoms with Crippen LogP contribution in [0.4, 0.5) is 0 Å². The molecule has 0 aliphatic rings. The first-order valence-corrected chi connectivity index (χ1v) is 8.55. The second kappa shape index (κ2) is 12.4. The van der Waals surface area contributed by atoms with Crippen LogP contribution >= 0.6 is 51.7 Å². The Morgan fingerprint density at radius 2 is 2.19 bits per heavy atom. The number of guanidine groups is 1. The van der Waals surface area contributed by atoms with E-state index in [0.717, 1.165) is 28.3 Å². The largest absolute Gasteiger partial charge is 0.493 e. The number of ether oxygens (including phenoxy) is 1. The molecule has 1 aromatic rings. The third kappa shape index (κ3) is 11.1. The molecule has 0 heterocycles. The number of nitrogens with one attached hydrogen (secondary N) is 1. The van der Waals surface area contributed by atoms with Gasteiger partial charge in [-0.05, 0) is 32.0 Å². The zero-order valence-corrected chi connectivity index (χ0v) is 17.1. The molecule has 0 amide bonds. The normalized spacial score (nSPS) is 11.1. The van der Waals surface area contributed by atoms with E-state index in [4.69, 9.17) is 10.5 Å². The number of benzene rings is 1. The van der Waals surface area contributed by atoms with Crippen LogP contribution in [-0.2, 0) is 0 Å². The first-order valence-electron chi connectivity index (χ1n) is 6.60. The van der Waals surface area contributed by atoms with Gasteiger partial charge in [0.2, 0.25) is 0 Å². The Kier molecular flexibility index (Phi) is 12.3. The van der Waals surface area contributed by atoms with E-state index >= 15 is 0 Å². The van der Waals surface area contributed by atoms with Gasteiger partial charge < -0.3 is 15.8 Å². The molecule has 120 valence electrons. The van der Waals surface area contributed by atoms with E-state index in [9.17, 15) is 0 Å². The highest BCUT2D eigenvalue weighted by molar-refractivity contribution is 14.0. The van der Waals surface area contributed by atoms with Gasteiger partial charge in [-0.25, -0.2) is 0 Å². The van der Waals surface area contributed by atoms with Gasteiger partial charge in [-0.1, -0.05) is 22.0 Å². The molecule has 1 aromatic carbocycles. The molecular formula is C14H23BrIN3OS. The molecule has 0 aliphatic heterocycles. The van der Waals surface area contributed by atoms with Gasteiger partial charge >= 0.3 is 0 Å². The molecule has 0 aliphatic carbocycles. The first-order chi connectivity index (χ1) is 9.58. The third-order valence-electron chi connectivity index (χ3n) is 2.25. The molecule has 4 nitrogen and oxygen atoms in total. The lowest BCUT2D eigenvalue weighted by Crippen LogP contribution is -2.36. The maximum atomic E-state index is 5.71. The average molecular weight is 488 g/mol. The maximum absolute atomic E-state index is 5.71. The molecule has 0 radical (unpaired) electrons. The highest BCUT2D eigenvalue weighted by Crippen LogP contribution is 2.17. The van der Waals surface area contributed by atoms with Gasteiger partial charge in [-0.3, -0.25) is 4.99 Å². The van der Waals surface area contributed by atoms with E-state index in [-0.39, 0.29) is 24.0 Å². The van der Waals surface area contributed by atoms with E-state index in [0.29, 0.717) is 18.6 Å². The van der Waals surface area contributed by atoms with E-state index in [2.05, 4.69) is 26.2 Å². The van der Waals surface area contributed by atoms with Gasteiger partial charge in [0.05, 0.1) is 13.2 Å². The summed E-state index contributed by atoms with van der Waals surface area (Å²) in [7, 11) is 0. The fraction of sp³-hybridized carbons (Fsp3) is 0.500. The Hall–Kier alpha value is -0.150. The molecule has 21 heavy (non-hydrogen) atoms. The summed E-state index contributed by atoms with van der Waals surface area (Å²) in [6.07, 6.45) is 0. The summed E-state index contributed by atoms with van der Waals surface area (Å²) in [6.45, 7) is 5.50. The monoisotopic (exact) mass is 487 g/mol. The van der Waals surface area contributed by atoms with Crippen LogP contribution in [0, 0.1) is 0 Å². The Balaban J connectivity index is 0.00000400. The Morgan fingerprint density at radius 1 is 1.43 bits per heavy atom. The zero-order chi connectivity index (χ0) is 14.8. The minimum absolute atomic E-state index is 0. The standard InChI is InChI=1S/C14H22BrN3OS.HI/c1-11(2)18-14(16)17-6-8-20-9-7-19-13-5-3-4-12(15)10-13;/h3-5,10-11H,6-9H2,1-2H3,(H3,16,17,18);1H. The van der Waals surface area contributed by atoms with E-state index < -0.39 is 0 Å². The van der Waals surface area contributed by atoms with Crippen molar-refractivity contribution in [2.75, 3.05) is 24.7 Å². The molecule has 0 fully saturated rings. The molecule has 0 atom stereocenters. The predicted octanol–water partition coefficient (Wildman–Crippen LogP) is 3.49. The topological polar surface area (TPSA) is 59.6 Å². The van der Waals surface area contributed by atoms with Gasteiger partial charge in [0.25, 0.3) is 0 Å². The van der Waals surface area contributed by atoms with Crippen molar-refractivity contribution in [3.8, 4) is 5.75 Å². The van der Waals surface area contributed by atoms with Crippen LogP contribution in [0.3, 0.4) is 0 Å². The van der Waals surface area contributed by atoms with Gasteiger partial charge in [-0.15, -0.1) is 24.0 Å². The smallest absolute Gasteiger partial charge is 0.188 e. The van der Waals surface area contributed by atoms with Crippen LogP contribution < -0.4 is 15.8 Å². The SMILES string of the molecule is CC(C)NC(N)=NCCSCCOc1cccc(Br)c1.I. The lowest BCUT2D eigenvalue weighted by atomic mass is 10.3. The number of nitrogens with zero attached hydrogens (tertiary/aromatic N) is 1. The van der Waals surface area contributed by atoms with E-state index in [1.165, 1.54) is 0 Å². The molecule has 1 rings (SSSR count). The number of halogens is 2.